The Morgan fingerprint density at radius 3 is 2.35 bits per heavy atom. The first-order valence-electron chi connectivity index (χ1n) is 7.54. The number of benzene rings is 2. The SMILES string of the molecule is c1ccc(CCC2CCN=C(c3ccccc3)C2)cc1. The van der Waals surface area contributed by atoms with Gasteiger partial charge in [0.25, 0.3) is 0 Å². The summed E-state index contributed by atoms with van der Waals surface area (Å²) in [4.78, 5) is 4.72. The first-order valence-corrected chi connectivity index (χ1v) is 7.54. The molecular formula is C19H21N. The van der Waals surface area contributed by atoms with Gasteiger partial charge in [0.05, 0.1) is 0 Å². The molecule has 3 rings (SSSR count). The highest BCUT2D eigenvalue weighted by Crippen LogP contribution is 2.24. The second-order valence-corrected chi connectivity index (χ2v) is 5.58. The van der Waals surface area contributed by atoms with Crippen molar-refractivity contribution in [2.45, 2.75) is 25.7 Å². The van der Waals surface area contributed by atoms with Crippen LogP contribution in [0.25, 0.3) is 0 Å². The minimum atomic E-state index is 0.780. The maximum atomic E-state index is 4.72. The van der Waals surface area contributed by atoms with Crippen LogP contribution in [0.15, 0.2) is 65.7 Å². The average molecular weight is 263 g/mol. The third kappa shape index (κ3) is 3.36. The van der Waals surface area contributed by atoms with Gasteiger partial charge < -0.3 is 0 Å². The lowest BCUT2D eigenvalue weighted by Crippen LogP contribution is -2.17. The van der Waals surface area contributed by atoms with Crippen LogP contribution in [0.3, 0.4) is 0 Å². The highest BCUT2D eigenvalue weighted by Gasteiger charge is 2.17. The number of rotatable bonds is 4. The molecule has 0 saturated carbocycles. The van der Waals surface area contributed by atoms with E-state index in [1.807, 2.05) is 0 Å². The fraction of sp³-hybridized carbons (Fsp3) is 0.316. The standard InChI is InChI=1S/C19H21N/c1-3-7-16(8-4-1)11-12-17-13-14-20-19(15-17)18-9-5-2-6-10-18/h1-10,17H,11-15H2. The van der Waals surface area contributed by atoms with Crippen molar-refractivity contribution in [2.24, 2.45) is 10.9 Å². The highest BCUT2D eigenvalue weighted by atomic mass is 14.8. The van der Waals surface area contributed by atoms with Crippen molar-refractivity contribution in [3.05, 3.63) is 71.8 Å². The van der Waals surface area contributed by atoms with Crippen LogP contribution in [0.5, 0.6) is 0 Å². The molecule has 0 aromatic heterocycles. The molecular weight excluding hydrogens is 242 g/mol. The molecule has 0 bridgehead atoms. The Morgan fingerprint density at radius 2 is 1.60 bits per heavy atom. The molecule has 102 valence electrons. The smallest absolute Gasteiger partial charge is 0.0423 e. The van der Waals surface area contributed by atoms with E-state index in [4.69, 9.17) is 4.99 Å². The Hall–Kier alpha value is -1.89. The summed E-state index contributed by atoms with van der Waals surface area (Å²) in [5.74, 6) is 0.780. The number of hydrogen-bond acceptors (Lipinski definition) is 1. The molecule has 0 amide bonds. The normalized spacial score (nSPS) is 18.6. The van der Waals surface area contributed by atoms with Crippen molar-refractivity contribution >= 4 is 5.71 Å². The molecule has 20 heavy (non-hydrogen) atoms. The summed E-state index contributed by atoms with van der Waals surface area (Å²) in [7, 11) is 0. The summed E-state index contributed by atoms with van der Waals surface area (Å²) >= 11 is 0. The van der Waals surface area contributed by atoms with Gasteiger partial charge in [-0.25, -0.2) is 0 Å². The number of nitrogens with zero attached hydrogens (tertiary/aromatic N) is 1. The molecule has 2 aromatic rings. The zero-order chi connectivity index (χ0) is 13.6. The summed E-state index contributed by atoms with van der Waals surface area (Å²) in [5, 5.41) is 0. The lowest BCUT2D eigenvalue weighted by atomic mass is 9.87. The minimum absolute atomic E-state index is 0.780. The Morgan fingerprint density at radius 1 is 0.900 bits per heavy atom. The third-order valence-electron chi connectivity index (χ3n) is 4.11. The van der Waals surface area contributed by atoms with E-state index in [1.165, 1.54) is 36.1 Å². The van der Waals surface area contributed by atoms with Crippen molar-refractivity contribution in [1.29, 1.82) is 0 Å². The quantitative estimate of drug-likeness (QED) is 0.769. The van der Waals surface area contributed by atoms with Gasteiger partial charge in [0.1, 0.15) is 0 Å². The van der Waals surface area contributed by atoms with Crippen LogP contribution in [-0.4, -0.2) is 12.3 Å². The lowest BCUT2D eigenvalue weighted by molar-refractivity contribution is 0.458. The highest BCUT2D eigenvalue weighted by molar-refractivity contribution is 6.01. The summed E-state index contributed by atoms with van der Waals surface area (Å²) in [6, 6.07) is 21.4. The van der Waals surface area contributed by atoms with Gasteiger partial charge in [-0.3, -0.25) is 4.99 Å². The van der Waals surface area contributed by atoms with E-state index in [9.17, 15) is 0 Å². The Balaban J connectivity index is 1.59. The van der Waals surface area contributed by atoms with Crippen LogP contribution in [0.4, 0.5) is 0 Å². The maximum Gasteiger partial charge on any atom is 0.0423 e. The maximum absolute atomic E-state index is 4.72. The van der Waals surface area contributed by atoms with Gasteiger partial charge in [-0.1, -0.05) is 60.7 Å². The molecule has 1 nitrogen and oxygen atoms in total. The zero-order valence-electron chi connectivity index (χ0n) is 11.8. The first-order chi connectivity index (χ1) is 9.92. The van der Waals surface area contributed by atoms with E-state index in [0.717, 1.165) is 18.9 Å². The Kier molecular flexibility index (Phi) is 4.27. The Bertz CT molecular complexity index is 557. The van der Waals surface area contributed by atoms with Crippen molar-refractivity contribution in [3.8, 4) is 0 Å². The van der Waals surface area contributed by atoms with E-state index >= 15 is 0 Å². The second-order valence-electron chi connectivity index (χ2n) is 5.58. The third-order valence-corrected chi connectivity index (χ3v) is 4.11. The summed E-state index contributed by atoms with van der Waals surface area (Å²) in [6.45, 7) is 0.990. The summed E-state index contributed by atoms with van der Waals surface area (Å²) < 4.78 is 0. The van der Waals surface area contributed by atoms with Crippen LogP contribution in [-0.2, 0) is 6.42 Å². The molecule has 0 N–H and O–H groups in total. The van der Waals surface area contributed by atoms with Gasteiger partial charge in [0.15, 0.2) is 0 Å². The second kappa shape index (κ2) is 6.51. The fourth-order valence-corrected chi connectivity index (χ4v) is 2.92. The first kappa shape index (κ1) is 13.1. The van der Waals surface area contributed by atoms with Crippen molar-refractivity contribution in [3.63, 3.8) is 0 Å². The van der Waals surface area contributed by atoms with Crippen LogP contribution in [0.2, 0.25) is 0 Å². The van der Waals surface area contributed by atoms with E-state index in [1.54, 1.807) is 0 Å². The molecule has 0 fully saturated rings. The molecule has 1 heterocycles. The predicted molar refractivity (Wildman–Crippen MR) is 85.3 cm³/mol. The zero-order valence-corrected chi connectivity index (χ0v) is 11.8. The van der Waals surface area contributed by atoms with Crippen molar-refractivity contribution < 1.29 is 0 Å². The van der Waals surface area contributed by atoms with Crippen molar-refractivity contribution in [1.82, 2.24) is 0 Å². The van der Waals surface area contributed by atoms with E-state index in [-0.39, 0.29) is 0 Å². The van der Waals surface area contributed by atoms with E-state index in [0.29, 0.717) is 0 Å². The van der Waals surface area contributed by atoms with Gasteiger partial charge in [0.2, 0.25) is 0 Å². The Labute approximate surface area is 121 Å². The van der Waals surface area contributed by atoms with E-state index < -0.39 is 0 Å². The van der Waals surface area contributed by atoms with Crippen LogP contribution >= 0.6 is 0 Å². The largest absolute Gasteiger partial charge is 0.289 e. The predicted octanol–water partition coefficient (Wildman–Crippen LogP) is 4.52. The molecule has 2 aromatic carbocycles. The van der Waals surface area contributed by atoms with E-state index in [2.05, 4.69) is 60.7 Å². The molecule has 1 aliphatic heterocycles. The van der Waals surface area contributed by atoms with Gasteiger partial charge in [-0.2, -0.15) is 0 Å². The summed E-state index contributed by atoms with van der Waals surface area (Å²) in [6.07, 6.45) is 4.84. The van der Waals surface area contributed by atoms with Crippen LogP contribution in [0, 0.1) is 5.92 Å². The number of hydrogen-bond donors (Lipinski definition) is 0. The number of aliphatic imine (C=N–C) groups is 1. The molecule has 0 aliphatic carbocycles. The molecule has 1 aliphatic rings. The van der Waals surface area contributed by atoms with Gasteiger partial charge >= 0.3 is 0 Å². The lowest BCUT2D eigenvalue weighted by Gasteiger charge is -2.22. The van der Waals surface area contributed by atoms with Gasteiger partial charge in [-0.05, 0) is 42.7 Å². The molecule has 1 atom stereocenters. The van der Waals surface area contributed by atoms with Crippen LogP contribution in [0.1, 0.15) is 30.4 Å². The number of aryl methyl sites for hydroxylation is 1. The molecule has 1 heteroatoms. The van der Waals surface area contributed by atoms with Crippen molar-refractivity contribution in [2.75, 3.05) is 6.54 Å². The topological polar surface area (TPSA) is 12.4 Å². The monoisotopic (exact) mass is 263 g/mol. The van der Waals surface area contributed by atoms with Gasteiger partial charge in [-0.15, -0.1) is 0 Å². The average Bonchev–Trinajstić information content (AvgIpc) is 2.55. The van der Waals surface area contributed by atoms with Gasteiger partial charge in [0, 0.05) is 12.3 Å². The molecule has 0 radical (unpaired) electrons. The fourth-order valence-electron chi connectivity index (χ4n) is 2.92. The molecule has 0 spiro atoms. The summed E-state index contributed by atoms with van der Waals surface area (Å²) in [5.41, 5.74) is 4.06. The minimum Gasteiger partial charge on any atom is -0.289 e. The molecule has 1 unspecified atom stereocenters. The molecule has 0 saturated heterocycles. The van der Waals surface area contributed by atoms with Crippen LogP contribution < -0.4 is 0 Å².